The molecule has 0 aromatic heterocycles. The summed E-state index contributed by atoms with van der Waals surface area (Å²) >= 11 is 4.89. The number of halogens is 1. The number of ether oxygens (including phenoxy) is 1. The van der Waals surface area contributed by atoms with E-state index in [0.717, 1.165) is 0 Å². The van der Waals surface area contributed by atoms with Gasteiger partial charge in [0.25, 0.3) is 0 Å². The van der Waals surface area contributed by atoms with Gasteiger partial charge in [-0.3, -0.25) is 0 Å². The Morgan fingerprint density at radius 2 is 2.17 bits per heavy atom. The third kappa shape index (κ3) is 3.65. The summed E-state index contributed by atoms with van der Waals surface area (Å²) in [5.41, 5.74) is 6.43. The van der Waals surface area contributed by atoms with Crippen molar-refractivity contribution in [2.75, 3.05) is 19.0 Å². The van der Waals surface area contributed by atoms with Crippen LogP contribution in [0.1, 0.15) is 19.4 Å². The molecule has 100 valence electrons. The highest BCUT2D eigenvalue weighted by Crippen LogP contribution is 2.21. The van der Waals surface area contributed by atoms with Crippen molar-refractivity contribution >= 4 is 22.9 Å². The second-order valence-electron chi connectivity index (χ2n) is 4.48. The lowest BCUT2D eigenvalue weighted by Gasteiger charge is -2.24. The fraction of sp³-hybridized carbons (Fsp3) is 0.462. The van der Waals surface area contributed by atoms with E-state index in [-0.39, 0.29) is 16.6 Å². The first-order chi connectivity index (χ1) is 8.47. The minimum atomic E-state index is -0.410. The monoisotopic (exact) mass is 270 g/mol. The van der Waals surface area contributed by atoms with Gasteiger partial charge in [-0.2, -0.15) is 0 Å². The van der Waals surface area contributed by atoms with Crippen LogP contribution in [-0.2, 0) is 4.74 Å². The van der Waals surface area contributed by atoms with Crippen molar-refractivity contribution in [3.8, 4) is 0 Å². The Morgan fingerprint density at radius 1 is 1.50 bits per heavy atom. The van der Waals surface area contributed by atoms with Crippen molar-refractivity contribution in [3.05, 3.63) is 29.6 Å². The Hall–Kier alpha value is -1.20. The van der Waals surface area contributed by atoms with Crippen LogP contribution in [0.15, 0.2) is 18.2 Å². The molecule has 0 aliphatic heterocycles. The van der Waals surface area contributed by atoms with Crippen molar-refractivity contribution < 1.29 is 9.13 Å². The summed E-state index contributed by atoms with van der Waals surface area (Å²) in [5.74, 6) is -0.0696. The molecule has 0 spiro atoms. The number of nitrogens with two attached hydrogens (primary N) is 1. The highest BCUT2D eigenvalue weighted by atomic mass is 32.1. The van der Waals surface area contributed by atoms with E-state index in [1.54, 1.807) is 19.2 Å². The second-order valence-corrected chi connectivity index (χ2v) is 4.92. The molecule has 3 N–H and O–H groups in total. The number of nitrogens with one attached hydrogen (secondary N) is 1. The van der Waals surface area contributed by atoms with Gasteiger partial charge in [-0.1, -0.05) is 32.1 Å². The molecular weight excluding hydrogens is 251 g/mol. The van der Waals surface area contributed by atoms with Crippen LogP contribution in [0, 0.1) is 11.7 Å². The molecule has 1 rings (SSSR count). The summed E-state index contributed by atoms with van der Waals surface area (Å²) in [4.78, 5) is 0.0514. The Morgan fingerprint density at radius 3 is 2.67 bits per heavy atom. The quantitative estimate of drug-likeness (QED) is 0.780. The van der Waals surface area contributed by atoms with Crippen molar-refractivity contribution in [3.63, 3.8) is 0 Å². The fourth-order valence-corrected chi connectivity index (χ4v) is 1.88. The van der Waals surface area contributed by atoms with E-state index in [4.69, 9.17) is 22.7 Å². The third-order valence-electron chi connectivity index (χ3n) is 2.75. The van der Waals surface area contributed by atoms with Crippen molar-refractivity contribution in [2.45, 2.75) is 19.9 Å². The van der Waals surface area contributed by atoms with Gasteiger partial charge in [0, 0.05) is 12.8 Å². The van der Waals surface area contributed by atoms with Crippen LogP contribution >= 0.6 is 12.2 Å². The summed E-state index contributed by atoms with van der Waals surface area (Å²) in [7, 11) is 1.64. The van der Waals surface area contributed by atoms with E-state index in [9.17, 15) is 4.39 Å². The van der Waals surface area contributed by atoms with Crippen LogP contribution in [0.3, 0.4) is 0 Å². The Labute approximate surface area is 113 Å². The molecule has 0 aliphatic carbocycles. The topological polar surface area (TPSA) is 47.3 Å². The normalized spacial score (nSPS) is 12.5. The fourth-order valence-electron chi connectivity index (χ4n) is 1.67. The standard InChI is InChI=1S/C13H19FN2OS/c1-8(2)11(7-17-3)16-10-6-4-5-9(14)12(10)13(15)18/h4-6,8,11,16H,7H2,1-3H3,(H2,15,18). The molecule has 18 heavy (non-hydrogen) atoms. The summed E-state index contributed by atoms with van der Waals surface area (Å²) in [6.45, 7) is 4.66. The average Bonchev–Trinajstić information content (AvgIpc) is 2.27. The van der Waals surface area contributed by atoms with Crippen molar-refractivity contribution in [2.24, 2.45) is 11.7 Å². The molecule has 1 unspecified atom stereocenters. The minimum absolute atomic E-state index is 0.0514. The molecule has 0 fully saturated rings. The zero-order valence-corrected chi connectivity index (χ0v) is 11.7. The summed E-state index contributed by atoms with van der Waals surface area (Å²) in [6.07, 6.45) is 0. The zero-order valence-electron chi connectivity index (χ0n) is 10.9. The number of benzene rings is 1. The number of rotatable bonds is 6. The maximum Gasteiger partial charge on any atom is 0.135 e. The van der Waals surface area contributed by atoms with E-state index in [2.05, 4.69) is 19.2 Å². The third-order valence-corrected chi connectivity index (χ3v) is 2.96. The summed E-state index contributed by atoms with van der Waals surface area (Å²) in [5, 5.41) is 3.24. The molecule has 0 amide bonds. The van der Waals surface area contributed by atoms with Gasteiger partial charge in [0.05, 0.1) is 18.2 Å². The predicted octanol–water partition coefficient (Wildman–Crippen LogP) is 2.54. The van der Waals surface area contributed by atoms with Crippen LogP contribution in [0.5, 0.6) is 0 Å². The maximum atomic E-state index is 13.7. The van der Waals surface area contributed by atoms with Crippen molar-refractivity contribution in [1.82, 2.24) is 0 Å². The largest absolute Gasteiger partial charge is 0.389 e. The van der Waals surface area contributed by atoms with Gasteiger partial charge in [0.15, 0.2) is 0 Å². The summed E-state index contributed by atoms with van der Waals surface area (Å²) < 4.78 is 18.8. The highest BCUT2D eigenvalue weighted by molar-refractivity contribution is 7.80. The molecule has 1 atom stereocenters. The smallest absolute Gasteiger partial charge is 0.135 e. The number of hydrogen-bond donors (Lipinski definition) is 2. The number of methoxy groups -OCH3 is 1. The second kappa shape index (κ2) is 6.66. The Balaban J connectivity index is 3.02. The lowest BCUT2D eigenvalue weighted by molar-refractivity contribution is 0.171. The molecular formula is C13H19FN2OS. The lowest BCUT2D eigenvalue weighted by atomic mass is 10.0. The SMILES string of the molecule is COCC(Nc1cccc(F)c1C(N)=S)C(C)C. The van der Waals surface area contributed by atoms with Crippen LogP contribution < -0.4 is 11.1 Å². The van der Waals surface area contributed by atoms with Gasteiger partial charge >= 0.3 is 0 Å². The number of anilines is 1. The first-order valence-electron chi connectivity index (χ1n) is 5.81. The van der Waals surface area contributed by atoms with Gasteiger partial charge in [-0.15, -0.1) is 0 Å². The predicted molar refractivity (Wildman–Crippen MR) is 76.4 cm³/mol. The first-order valence-corrected chi connectivity index (χ1v) is 6.22. The molecule has 0 saturated carbocycles. The lowest BCUT2D eigenvalue weighted by Crippen LogP contribution is -2.31. The van der Waals surface area contributed by atoms with Gasteiger partial charge in [-0.25, -0.2) is 4.39 Å². The zero-order chi connectivity index (χ0) is 13.7. The van der Waals surface area contributed by atoms with Gasteiger partial charge in [0.1, 0.15) is 10.8 Å². The van der Waals surface area contributed by atoms with Crippen molar-refractivity contribution in [1.29, 1.82) is 0 Å². The first kappa shape index (κ1) is 14.9. The molecule has 0 saturated heterocycles. The van der Waals surface area contributed by atoms with Crippen LogP contribution in [0.4, 0.5) is 10.1 Å². The van der Waals surface area contributed by atoms with Gasteiger partial charge in [-0.05, 0) is 18.1 Å². The Kier molecular flexibility index (Phi) is 5.50. The number of hydrogen-bond acceptors (Lipinski definition) is 3. The number of thiocarbonyl (C=S) groups is 1. The van der Waals surface area contributed by atoms with E-state index < -0.39 is 5.82 Å². The van der Waals surface area contributed by atoms with E-state index >= 15 is 0 Å². The molecule has 0 bridgehead atoms. The van der Waals surface area contributed by atoms with Gasteiger partial charge < -0.3 is 15.8 Å². The molecule has 0 aliphatic rings. The van der Waals surface area contributed by atoms with Crippen LogP contribution in [-0.4, -0.2) is 24.7 Å². The van der Waals surface area contributed by atoms with Crippen LogP contribution in [0.25, 0.3) is 0 Å². The average molecular weight is 270 g/mol. The Bertz CT molecular complexity index is 423. The van der Waals surface area contributed by atoms with Crippen LogP contribution in [0.2, 0.25) is 0 Å². The molecule has 1 aromatic carbocycles. The minimum Gasteiger partial charge on any atom is -0.389 e. The van der Waals surface area contributed by atoms with E-state index in [0.29, 0.717) is 18.2 Å². The molecule has 0 heterocycles. The van der Waals surface area contributed by atoms with E-state index in [1.165, 1.54) is 6.07 Å². The molecule has 1 aromatic rings. The van der Waals surface area contributed by atoms with Gasteiger partial charge in [0.2, 0.25) is 0 Å². The van der Waals surface area contributed by atoms with E-state index in [1.807, 2.05) is 0 Å². The summed E-state index contributed by atoms with van der Waals surface area (Å²) in [6, 6.07) is 4.82. The molecule has 5 heteroatoms. The molecule has 0 radical (unpaired) electrons. The highest BCUT2D eigenvalue weighted by Gasteiger charge is 2.17. The maximum absolute atomic E-state index is 13.7. The molecule has 3 nitrogen and oxygen atoms in total.